The second-order valence-electron chi connectivity index (χ2n) is 4.21. The molecule has 96 valence electrons. The van der Waals surface area contributed by atoms with Crippen LogP contribution in [0.2, 0.25) is 0 Å². The van der Waals surface area contributed by atoms with Gasteiger partial charge >= 0.3 is 0 Å². The highest BCUT2D eigenvalue weighted by molar-refractivity contribution is 5.61. The third-order valence-electron chi connectivity index (χ3n) is 2.74. The number of hydrogen-bond donors (Lipinski definition) is 1. The summed E-state index contributed by atoms with van der Waals surface area (Å²) < 4.78 is 6.53. The number of nitrogens with one attached hydrogen (secondary N) is 1. The zero-order valence-electron chi connectivity index (χ0n) is 10.4. The Morgan fingerprint density at radius 3 is 3.05 bits per heavy atom. The molecule has 0 aliphatic rings. The molecule has 0 aliphatic carbocycles. The lowest BCUT2D eigenvalue weighted by atomic mass is 10.2. The van der Waals surface area contributed by atoms with Crippen LogP contribution in [0.25, 0.3) is 11.4 Å². The van der Waals surface area contributed by atoms with Gasteiger partial charge in [-0.1, -0.05) is 17.3 Å². The Bertz CT molecular complexity index is 659. The quantitative estimate of drug-likeness (QED) is 0.773. The van der Waals surface area contributed by atoms with Crippen molar-refractivity contribution in [3.05, 3.63) is 48.6 Å². The predicted molar refractivity (Wildman–Crippen MR) is 70.3 cm³/mol. The summed E-state index contributed by atoms with van der Waals surface area (Å²) in [5.74, 6) is 0.588. The highest BCUT2D eigenvalue weighted by Crippen LogP contribution is 2.19. The summed E-state index contributed by atoms with van der Waals surface area (Å²) in [6.07, 6.45) is 5.15. The minimum absolute atomic E-state index is 0.588. The first-order chi connectivity index (χ1) is 9.31. The van der Waals surface area contributed by atoms with Crippen molar-refractivity contribution in [3.8, 4) is 11.4 Å². The second-order valence-corrected chi connectivity index (χ2v) is 4.21. The van der Waals surface area contributed by atoms with Gasteiger partial charge in [-0.25, -0.2) is 0 Å². The molecule has 0 aliphatic heterocycles. The molecule has 6 heteroatoms. The Labute approximate surface area is 110 Å². The van der Waals surface area contributed by atoms with E-state index in [9.17, 15) is 0 Å². The van der Waals surface area contributed by atoms with Crippen molar-refractivity contribution in [2.75, 3.05) is 5.32 Å². The van der Waals surface area contributed by atoms with Gasteiger partial charge in [-0.2, -0.15) is 10.1 Å². The fourth-order valence-corrected chi connectivity index (χ4v) is 1.83. The number of anilines is 1. The van der Waals surface area contributed by atoms with E-state index in [0.29, 0.717) is 5.82 Å². The molecule has 0 fully saturated rings. The first-order valence-electron chi connectivity index (χ1n) is 5.89. The molecule has 0 spiro atoms. The summed E-state index contributed by atoms with van der Waals surface area (Å²) in [6, 6.07) is 7.89. The maximum Gasteiger partial charge on any atom is 0.214 e. The van der Waals surface area contributed by atoms with Gasteiger partial charge in [0.05, 0.1) is 6.20 Å². The van der Waals surface area contributed by atoms with Crippen molar-refractivity contribution in [2.24, 2.45) is 7.05 Å². The predicted octanol–water partition coefficient (Wildman–Crippen LogP) is 2.08. The molecule has 3 aromatic rings. The molecule has 0 atom stereocenters. The van der Waals surface area contributed by atoms with E-state index in [1.807, 2.05) is 43.7 Å². The Kier molecular flexibility index (Phi) is 2.97. The monoisotopic (exact) mass is 255 g/mol. The topological polar surface area (TPSA) is 68.8 Å². The van der Waals surface area contributed by atoms with E-state index in [4.69, 9.17) is 4.52 Å². The van der Waals surface area contributed by atoms with E-state index < -0.39 is 0 Å². The van der Waals surface area contributed by atoms with Crippen LogP contribution in [0.5, 0.6) is 0 Å². The van der Waals surface area contributed by atoms with Gasteiger partial charge in [0.2, 0.25) is 12.2 Å². The summed E-state index contributed by atoms with van der Waals surface area (Å²) in [7, 11) is 1.90. The van der Waals surface area contributed by atoms with Gasteiger partial charge in [0.1, 0.15) is 0 Å². The highest BCUT2D eigenvalue weighted by atomic mass is 16.5. The molecular formula is C13H13N5O. The number of aryl methyl sites for hydroxylation is 1. The molecule has 1 N–H and O–H groups in total. The van der Waals surface area contributed by atoms with Crippen molar-refractivity contribution in [2.45, 2.75) is 6.54 Å². The Balaban J connectivity index is 1.73. The van der Waals surface area contributed by atoms with Crippen molar-refractivity contribution in [3.63, 3.8) is 0 Å². The SMILES string of the molecule is Cn1cc(CNc2cccc(-c3ncon3)c2)cn1. The van der Waals surface area contributed by atoms with Gasteiger partial charge in [0.15, 0.2) is 0 Å². The van der Waals surface area contributed by atoms with E-state index in [1.165, 1.54) is 6.39 Å². The van der Waals surface area contributed by atoms with E-state index in [-0.39, 0.29) is 0 Å². The van der Waals surface area contributed by atoms with Crippen LogP contribution < -0.4 is 5.32 Å². The number of benzene rings is 1. The fraction of sp³-hybridized carbons (Fsp3) is 0.154. The summed E-state index contributed by atoms with van der Waals surface area (Å²) in [5.41, 5.74) is 3.06. The first kappa shape index (κ1) is 11.5. The zero-order valence-corrected chi connectivity index (χ0v) is 10.4. The molecule has 19 heavy (non-hydrogen) atoms. The lowest BCUT2D eigenvalue weighted by Gasteiger charge is -2.05. The van der Waals surface area contributed by atoms with Gasteiger partial charge in [-0.15, -0.1) is 0 Å². The third-order valence-corrected chi connectivity index (χ3v) is 2.74. The van der Waals surface area contributed by atoms with Crippen LogP contribution >= 0.6 is 0 Å². The lowest BCUT2D eigenvalue weighted by molar-refractivity contribution is 0.419. The first-order valence-corrected chi connectivity index (χ1v) is 5.89. The van der Waals surface area contributed by atoms with E-state index in [1.54, 1.807) is 4.68 Å². The fourth-order valence-electron chi connectivity index (χ4n) is 1.83. The summed E-state index contributed by atoms with van der Waals surface area (Å²) in [4.78, 5) is 4.03. The van der Waals surface area contributed by atoms with Crippen molar-refractivity contribution < 1.29 is 4.52 Å². The van der Waals surface area contributed by atoms with Crippen molar-refractivity contribution in [1.29, 1.82) is 0 Å². The van der Waals surface area contributed by atoms with Crippen LogP contribution in [0.3, 0.4) is 0 Å². The van der Waals surface area contributed by atoms with Gasteiger partial charge in [0.25, 0.3) is 0 Å². The maximum atomic E-state index is 4.75. The second kappa shape index (κ2) is 4.93. The molecule has 3 rings (SSSR count). The largest absolute Gasteiger partial charge is 0.381 e. The molecule has 1 aromatic carbocycles. The van der Waals surface area contributed by atoms with Crippen LogP contribution in [0.4, 0.5) is 5.69 Å². The van der Waals surface area contributed by atoms with Crippen molar-refractivity contribution in [1.82, 2.24) is 19.9 Å². The maximum absolute atomic E-state index is 4.75. The number of aromatic nitrogens is 4. The van der Waals surface area contributed by atoms with Gasteiger partial charge in [-0.3, -0.25) is 4.68 Å². The lowest BCUT2D eigenvalue weighted by Crippen LogP contribution is -1.98. The molecule has 0 saturated carbocycles. The molecule has 6 nitrogen and oxygen atoms in total. The minimum Gasteiger partial charge on any atom is -0.381 e. The summed E-state index contributed by atoms with van der Waals surface area (Å²) >= 11 is 0. The average Bonchev–Trinajstić information content (AvgIpc) is 3.08. The third kappa shape index (κ3) is 2.62. The van der Waals surface area contributed by atoms with Crippen LogP contribution in [-0.2, 0) is 13.6 Å². The van der Waals surface area contributed by atoms with E-state index in [2.05, 4.69) is 20.6 Å². The molecule has 0 saturated heterocycles. The zero-order chi connectivity index (χ0) is 13.1. The average molecular weight is 255 g/mol. The van der Waals surface area contributed by atoms with Gasteiger partial charge in [-0.05, 0) is 12.1 Å². The Morgan fingerprint density at radius 2 is 2.32 bits per heavy atom. The molecular weight excluding hydrogens is 242 g/mol. The smallest absolute Gasteiger partial charge is 0.214 e. The molecule has 0 radical (unpaired) electrons. The summed E-state index contributed by atoms with van der Waals surface area (Å²) in [6.45, 7) is 0.726. The summed E-state index contributed by atoms with van der Waals surface area (Å²) in [5, 5.41) is 11.3. The molecule has 0 bridgehead atoms. The molecule has 2 heterocycles. The standard InChI is InChI=1S/C13H13N5O/c1-18-8-10(7-16-18)6-14-12-4-2-3-11(5-12)13-15-9-19-17-13/h2-5,7-9,14H,6H2,1H3. The van der Waals surface area contributed by atoms with Gasteiger partial charge < -0.3 is 9.84 Å². The number of hydrogen-bond acceptors (Lipinski definition) is 5. The van der Waals surface area contributed by atoms with Gasteiger partial charge in [0, 0.05) is 36.6 Å². The molecule has 0 unspecified atom stereocenters. The minimum atomic E-state index is 0.588. The number of rotatable bonds is 4. The van der Waals surface area contributed by atoms with E-state index in [0.717, 1.165) is 23.4 Å². The highest BCUT2D eigenvalue weighted by Gasteiger charge is 2.03. The van der Waals surface area contributed by atoms with Crippen LogP contribution in [0, 0.1) is 0 Å². The number of nitrogens with zero attached hydrogens (tertiary/aromatic N) is 4. The van der Waals surface area contributed by atoms with Crippen LogP contribution in [-0.4, -0.2) is 19.9 Å². The molecule has 0 amide bonds. The normalized spacial score (nSPS) is 10.6. The van der Waals surface area contributed by atoms with Crippen molar-refractivity contribution >= 4 is 5.69 Å². The van der Waals surface area contributed by atoms with Crippen LogP contribution in [0.1, 0.15) is 5.56 Å². The molecule has 2 aromatic heterocycles. The Hall–Kier alpha value is -2.63. The van der Waals surface area contributed by atoms with Crippen LogP contribution in [0.15, 0.2) is 47.6 Å². The Morgan fingerprint density at radius 1 is 1.37 bits per heavy atom. The van der Waals surface area contributed by atoms with E-state index >= 15 is 0 Å².